The molecule has 0 aromatic heterocycles. The third kappa shape index (κ3) is 12.1. The number of benzene rings is 2. The topological polar surface area (TPSA) is 68.8 Å². The lowest BCUT2D eigenvalue weighted by Crippen LogP contribution is -2.33. The summed E-state index contributed by atoms with van der Waals surface area (Å²) >= 11 is 0. The van der Waals surface area contributed by atoms with Gasteiger partial charge >= 0.3 is 6.09 Å². The normalized spacial score (nSPS) is 12.5. The number of hydrogen-bond donors (Lipinski definition) is 2. The van der Waals surface area contributed by atoms with E-state index in [-0.39, 0.29) is 19.2 Å². The molecular formula is C27H39FN2O4. The Kier molecular flexibility index (Phi) is 12.6. The molecule has 0 saturated carbocycles. The Balaban J connectivity index is 1.53. The maximum atomic E-state index is 14.4. The summed E-state index contributed by atoms with van der Waals surface area (Å²) in [6.07, 6.45) is -0.136. The molecule has 188 valence electrons. The Bertz CT molecular complexity index is 760. The van der Waals surface area contributed by atoms with Crippen molar-refractivity contribution < 1.29 is 23.4 Å². The molecule has 1 amide bonds. The van der Waals surface area contributed by atoms with E-state index in [4.69, 9.17) is 14.2 Å². The molecule has 2 aromatic rings. The van der Waals surface area contributed by atoms with Crippen LogP contribution in [0.5, 0.6) is 0 Å². The number of alkyl carbamates (subject to hydrolysis) is 1. The number of amides is 1. The standard InChI is InChI=1S/C27H39FN2O4/c1-27(2,3)34-26(31)29-16-10-17-32-18-11-19-33-21-24(28)20-30-25(22-12-6-4-7-13-22)23-14-8-5-9-15-23/h4-9,12-15,24-25,30H,10-11,16-21H2,1-3H3,(H,29,31). The Morgan fingerprint density at radius 3 is 2.03 bits per heavy atom. The minimum Gasteiger partial charge on any atom is -0.444 e. The van der Waals surface area contributed by atoms with Crippen LogP contribution in [0.3, 0.4) is 0 Å². The average Bonchev–Trinajstić information content (AvgIpc) is 2.80. The predicted molar refractivity (Wildman–Crippen MR) is 133 cm³/mol. The highest BCUT2D eigenvalue weighted by atomic mass is 19.1. The molecule has 2 N–H and O–H groups in total. The fourth-order valence-electron chi connectivity index (χ4n) is 3.28. The summed E-state index contributed by atoms with van der Waals surface area (Å²) in [5.41, 5.74) is 1.70. The van der Waals surface area contributed by atoms with Crippen LogP contribution in [0.15, 0.2) is 60.7 Å². The van der Waals surface area contributed by atoms with Crippen molar-refractivity contribution in [2.24, 2.45) is 0 Å². The fourth-order valence-corrected chi connectivity index (χ4v) is 3.28. The van der Waals surface area contributed by atoms with Crippen molar-refractivity contribution in [3.63, 3.8) is 0 Å². The summed E-state index contributed by atoms with van der Waals surface area (Å²) in [6, 6.07) is 20.0. The summed E-state index contributed by atoms with van der Waals surface area (Å²) in [6.45, 7) is 7.73. The zero-order chi connectivity index (χ0) is 24.7. The minimum absolute atomic E-state index is 0.0447. The maximum absolute atomic E-state index is 14.4. The van der Waals surface area contributed by atoms with Crippen LogP contribution in [0.4, 0.5) is 9.18 Å². The summed E-state index contributed by atoms with van der Waals surface area (Å²) < 4.78 is 30.6. The number of rotatable bonds is 15. The van der Waals surface area contributed by atoms with Gasteiger partial charge in [-0.15, -0.1) is 0 Å². The number of carbonyl (C=O) groups is 1. The van der Waals surface area contributed by atoms with Crippen molar-refractivity contribution in [2.75, 3.05) is 39.5 Å². The zero-order valence-corrected chi connectivity index (χ0v) is 20.6. The lowest BCUT2D eigenvalue weighted by Gasteiger charge is -2.21. The van der Waals surface area contributed by atoms with Gasteiger partial charge in [-0.25, -0.2) is 9.18 Å². The number of carbonyl (C=O) groups excluding carboxylic acids is 1. The molecule has 1 atom stereocenters. The lowest BCUT2D eigenvalue weighted by molar-refractivity contribution is 0.0495. The van der Waals surface area contributed by atoms with E-state index in [0.29, 0.717) is 39.2 Å². The van der Waals surface area contributed by atoms with Crippen molar-refractivity contribution in [1.29, 1.82) is 0 Å². The van der Waals surface area contributed by atoms with Crippen LogP contribution >= 0.6 is 0 Å². The number of nitrogens with one attached hydrogen (secondary N) is 2. The maximum Gasteiger partial charge on any atom is 0.407 e. The van der Waals surface area contributed by atoms with Crippen molar-refractivity contribution in [1.82, 2.24) is 10.6 Å². The third-order valence-electron chi connectivity index (χ3n) is 4.82. The summed E-state index contributed by atoms with van der Waals surface area (Å²) in [4.78, 5) is 11.5. The van der Waals surface area contributed by atoms with Gasteiger partial charge in [0.05, 0.1) is 12.6 Å². The number of hydrogen-bond acceptors (Lipinski definition) is 5. The first kappa shape index (κ1) is 27.8. The van der Waals surface area contributed by atoms with Crippen LogP contribution in [0.25, 0.3) is 0 Å². The average molecular weight is 475 g/mol. The highest BCUT2D eigenvalue weighted by molar-refractivity contribution is 5.67. The summed E-state index contributed by atoms with van der Waals surface area (Å²) in [5.74, 6) is 0. The fraction of sp³-hybridized carbons (Fsp3) is 0.519. The molecule has 1 unspecified atom stereocenters. The molecule has 0 aliphatic rings. The zero-order valence-electron chi connectivity index (χ0n) is 20.6. The number of alkyl halides is 1. The van der Waals surface area contributed by atoms with E-state index < -0.39 is 17.9 Å². The van der Waals surface area contributed by atoms with Gasteiger partial charge in [0.2, 0.25) is 0 Å². The van der Waals surface area contributed by atoms with E-state index >= 15 is 0 Å². The third-order valence-corrected chi connectivity index (χ3v) is 4.82. The first-order valence-electron chi connectivity index (χ1n) is 11.9. The van der Waals surface area contributed by atoms with Crippen LogP contribution in [0.2, 0.25) is 0 Å². The molecule has 34 heavy (non-hydrogen) atoms. The van der Waals surface area contributed by atoms with Gasteiger partial charge < -0.3 is 24.8 Å². The van der Waals surface area contributed by atoms with Gasteiger partial charge in [-0.3, -0.25) is 0 Å². The molecule has 0 bridgehead atoms. The first-order valence-corrected chi connectivity index (χ1v) is 11.9. The second-order valence-corrected chi connectivity index (χ2v) is 9.08. The highest BCUT2D eigenvalue weighted by Crippen LogP contribution is 2.21. The van der Waals surface area contributed by atoms with Crippen LogP contribution in [-0.4, -0.2) is 57.4 Å². The van der Waals surface area contributed by atoms with E-state index in [1.54, 1.807) is 0 Å². The van der Waals surface area contributed by atoms with Crippen molar-refractivity contribution in [3.8, 4) is 0 Å². The van der Waals surface area contributed by atoms with Gasteiger partial charge in [0.15, 0.2) is 0 Å². The monoisotopic (exact) mass is 474 g/mol. The van der Waals surface area contributed by atoms with Crippen LogP contribution in [0.1, 0.15) is 50.8 Å². The molecule has 0 heterocycles. The first-order chi connectivity index (χ1) is 16.3. The van der Waals surface area contributed by atoms with E-state index in [1.807, 2.05) is 81.4 Å². The highest BCUT2D eigenvalue weighted by Gasteiger charge is 2.16. The lowest BCUT2D eigenvalue weighted by atomic mass is 9.98. The molecule has 6 nitrogen and oxygen atoms in total. The van der Waals surface area contributed by atoms with Gasteiger partial charge in [-0.2, -0.15) is 0 Å². The molecule has 0 spiro atoms. The van der Waals surface area contributed by atoms with Crippen LogP contribution in [0, 0.1) is 0 Å². The number of ether oxygens (including phenoxy) is 3. The van der Waals surface area contributed by atoms with Crippen molar-refractivity contribution in [2.45, 2.75) is 51.4 Å². The molecule has 0 fully saturated rings. The smallest absolute Gasteiger partial charge is 0.407 e. The molecule has 0 aliphatic heterocycles. The second kappa shape index (κ2) is 15.4. The Labute approximate surface area is 203 Å². The molecule has 2 rings (SSSR count). The largest absolute Gasteiger partial charge is 0.444 e. The van der Waals surface area contributed by atoms with E-state index in [2.05, 4.69) is 10.6 Å². The molecule has 0 aliphatic carbocycles. The van der Waals surface area contributed by atoms with E-state index in [9.17, 15) is 9.18 Å². The summed E-state index contributed by atoms with van der Waals surface area (Å²) in [5, 5.41) is 6.02. The van der Waals surface area contributed by atoms with Gasteiger partial charge in [0, 0.05) is 32.9 Å². The van der Waals surface area contributed by atoms with Crippen LogP contribution < -0.4 is 10.6 Å². The van der Waals surface area contributed by atoms with Crippen molar-refractivity contribution >= 4 is 6.09 Å². The van der Waals surface area contributed by atoms with Gasteiger partial charge in [-0.05, 0) is 44.7 Å². The molecular weight excluding hydrogens is 435 g/mol. The van der Waals surface area contributed by atoms with Crippen LogP contribution in [-0.2, 0) is 14.2 Å². The van der Waals surface area contributed by atoms with Gasteiger partial charge in [0.1, 0.15) is 11.8 Å². The Morgan fingerprint density at radius 1 is 0.882 bits per heavy atom. The number of halogens is 1. The van der Waals surface area contributed by atoms with Gasteiger partial charge in [0.25, 0.3) is 0 Å². The minimum atomic E-state index is -1.10. The second-order valence-electron chi connectivity index (χ2n) is 9.08. The van der Waals surface area contributed by atoms with E-state index in [1.165, 1.54) is 0 Å². The van der Waals surface area contributed by atoms with Crippen molar-refractivity contribution in [3.05, 3.63) is 71.8 Å². The molecule has 0 saturated heterocycles. The molecule has 0 radical (unpaired) electrons. The summed E-state index contributed by atoms with van der Waals surface area (Å²) in [7, 11) is 0. The van der Waals surface area contributed by atoms with E-state index in [0.717, 1.165) is 11.1 Å². The van der Waals surface area contributed by atoms with Gasteiger partial charge in [-0.1, -0.05) is 60.7 Å². The quantitative estimate of drug-likeness (QED) is 0.354. The molecule has 7 heteroatoms. The Morgan fingerprint density at radius 2 is 1.44 bits per heavy atom. The molecule has 2 aromatic carbocycles. The Hall–Kier alpha value is -2.48. The predicted octanol–water partition coefficient (Wildman–Crippen LogP) is 5.04. The SMILES string of the molecule is CC(C)(C)OC(=O)NCCCOCCCOCC(F)CNC(c1ccccc1)c1ccccc1.